The van der Waals surface area contributed by atoms with Crippen LogP contribution < -0.4 is 4.90 Å². The van der Waals surface area contributed by atoms with Crippen molar-refractivity contribution in [3.05, 3.63) is 58.4 Å². The van der Waals surface area contributed by atoms with Crippen molar-refractivity contribution in [1.82, 2.24) is 4.98 Å². The van der Waals surface area contributed by atoms with Crippen LogP contribution in [0.25, 0.3) is 0 Å². The lowest BCUT2D eigenvalue weighted by molar-refractivity contribution is 0.0992. The fourth-order valence-electron chi connectivity index (χ4n) is 2.02. The van der Waals surface area contributed by atoms with Crippen molar-refractivity contribution in [2.75, 3.05) is 11.9 Å². The molecule has 4 nitrogen and oxygen atoms in total. The molecule has 1 aromatic heterocycles. The Labute approximate surface area is 128 Å². The number of benzene rings is 1. The van der Waals surface area contributed by atoms with Crippen LogP contribution in [0.4, 0.5) is 5.69 Å². The molecule has 0 unspecified atom stereocenters. The molecule has 0 atom stereocenters. The second kappa shape index (κ2) is 6.38. The number of pyridine rings is 1. The maximum absolute atomic E-state index is 12.6. The Kier molecular flexibility index (Phi) is 4.56. The van der Waals surface area contributed by atoms with E-state index in [9.17, 15) is 4.79 Å². The summed E-state index contributed by atoms with van der Waals surface area (Å²) in [4.78, 5) is 18.2. The van der Waals surface area contributed by atoms with Gasteiger partial charge in [0.05, 0.1) is 11.3 Å². The van der Waals surface area contributed by atoms with Crippen molar-refractivity contribution < 1.29 is 4.79 Å². The van der Waals surface area contributed by atoms with Gasteiger partial charge in [0, 0.05) is 18.3 Å². The lowest BCUT2D eigenvalue weighted by atomic mass is 10.1. The van der Waals surface area contributed by atoms with Crippen molar-refractivity contribution in [1.29, 1.82) is 5.26 Å². The fraction of sp³-hybridized carbons (Fsp3) is 0.188. The zero-order valence-corrected chi connectivity index (χ0v) is 12.6. The average molecular weight is 300 g/mol. The summed E-state index contributed by atoms with van der Waals surface area (Å²) in [5.74, 6) is -0.225. The Morgan fingerprint density at radius 1 is 1.38 bits per heavy atom. The summed E-state index contributed by atoms with van der Waals surface area (Å²) < 4.78 is 0. The van der Waals surface area contributed by atoms with Crippen LogP contribution in [-0.4, -0.2) is 17.9 Å². The van der Waals surface area contributed by atoms with E-state index in [1.165, 1.54) is 11.0 Å². The minimum Gasteiger partial charge on any atom is -0.310 e. The SMILES string of the molecule is CCc1cc(C(=O)N(C)c2ccccc2C#N)cc(Cl)n1. The summed E-state index contributed by atoms with van der Waals surface area (Å²) in [5.41, 5.74) is 2.23. The largest absolute Gasteiger partial charge is 0.310 e. The van der Waals surface area contributed by atoms with Gasteiger partial charge in [0.25, 0.3) is 5.91 Å². The van der Waals surface area contributed by atoms with Crippen LogP contribution in [0.1, 0.15) is 28.5 Å². The van der Waals surface area contributed by atoms with Crippen LogP contribution >= 0.6 is 11.6 Å². The Morgan fingerprint density at radius 2 is 2.10 bits per heavy atom. The lowest BCUT2D eigenvalue weighted by Gasteiger charge is -2.19. The molecule has 0 aliphatic heterocycles. The van der Waals surface area contributed by atoms with Crippen molar-refractivity contribution in [2.24, 2.45) is 0 Å². The fourth-order valence-corrected chi connectivity index (χ4v) is 2.25. The number of rotatable bonds is 3. The molecule has 1 aromatic carbocycles. The third kappa shape index (κ3) is 3.21. The van der Waals surface area contributed by atoms with Gasteiger partial charge in [-0.3, -0.25) is 4.79 Å². The smallest absolute Gasteiger partial charge is 0.258 e. The predicted octanol–water partition coefficient (Wildman–Crippen LogP) is 3.45. The molecule has 1 heterocycles. The highest BCUT2D eigenvalue weighted by Gasteiger charge is 2.17. The van der Waals surface area contributed by atoms with Gasteiger partial charge in [-0.2, -0.15) is 5.26 Å². The van der Waals surface area contributed by atoms with Crippen molar-refractivity contribution in [3.8, 4) is 6.07 Å². The second-order valence-electron chi connectivity index (χ2n) is 4.52. The minimum absolute atomic E-state index is 0.225. The van der Waals surface area contributed by atoms with Gasteiger partial charge in [0.1, 0.15) is 11.2 Å². The third-order valence-electron chi connectivity index (χ3n) is 3.15. The highest BCUT2D eigenvalue weighted by Crippen LogP contribution is 2.21. The summed E-state index contributed by atoms with van der Waals surface area (Å²) in [6.07, 6.45) is 0.694. The molecular weight excluding hydrogens is 286 g/mol. The normalized spacial score (nSPS) is 10.0. The van der Waals surface area contributed by atoms with E-state index < -0.39 is 0 Å². The first-order chi connectivity index (χ1) is 10.1. The second-order valence-corrected chi connectivity index (χ2v) is 4.90. The van der Waals surface area contributed by atoms with E-state index in [4.69, 9.17) is 16.9 Å². The molecule has 1 amide bonds. The molecule has 0 aliphatic carbocycles. The molecule has 0 aliphatic rings. The standard InChI is InChI=1S/C16H14ClN3O/c1-3-13-8-12(9-15(17)19-13)16(21)20(2)14-7-5-4-6-11(14)10-18/h4-9H,3H2,1-2H3. The zero-order valence-electron chi connectivity index (χ0n) is 11.8. The third-order valence-corrected chi connectivity index (χ3v) is 3.34. The summed E-state index contributed by atoms with van der Waals surface area (Å²) in [6.45, 7) is 1.95. The number of carbonyl (C=O) groups excluding carboxylic acids is 1. The number of hydrogen-bond donors (Lipinski definition) is 0. The van der Waals surface area contributed by atoms with Crippen LogP contribution in [0.3, 0.4) is 0 Å². The number of aryl methyl sites for hydroxylation is 1. The number of amides is 1. The Balaban J connectivity index is 2.40. The van der Waals surface area contributed by atoms with E-state index in [0.29, 0.717) is 28.4 Å². The maximum Gasteiger partial charge on any atom is 0.258 e. The summed E-state index contributed by atoms with van der Waals surface area (Å²) in [6, 6.07) is 12.3. The molecule has 0 bridgehead atoms. The van der Waals surface area contributed by atoms with Gasteiger partial charge < -0.3 is 4.90 Å². The number of carbonyl (C=O) groups is 1. The molecule has 0 fully saturated rings. The highest BCUT2D eigenvalue weighted by atomic mass is 35.5. The number of anilines is 1. The van der Waals surface area contributed by atoms with Crippen molar-refractivity contribution >= 4 is 23.2 Å². The number of para-hydroxylation sites is 1. The minimum atomic E-state index is -0.225. The summed E-state index contributed by atoms with van der Waals surface area (Å²) in [7, 11) is 1.64. The molecule has 5 heteroatoms. The van der Waals surface area contributed by atoms with Gasteiger partial charge in [-0.15, -0.1) is 0 Å². The van der Waals surface area contributed by atoms with Crippen LogP contribution in [0.2, 0.25) is 5.15 Å². The molecule has 0 saturated carbocycles. The molecule has 21 heavy (non-hydrogen) atoms. The van der Waals surface area contributed by atoms with Crippen LogP contribution in [0, 0.1) is 11.3 Å². The van der Waals surface area contributed by atoms with E-state index in [2.05, 4.69) is 11.1 Å². The van der Waals surface area contributed by atoms with Gasteiger partial charge in [0.15, 0.2) is 0 Å². The number of nitrogens with zero attached hydrogens (tertiary/aromatic N) is 3. The highest BCUT2D eigenvalue weighted by molar-refractivity contribution is 6.29. The van der Waals surface area contributed by atoms with Gasteiger partial charge in [-0.1, -0.05) is 30.7 Å². The van der Waals surface area contributed by atoms with Crippen molar-refractivity contribution in [3.63, 3.8) is 0 Å². The predicted molar refractivity (Wildman–Crippen MR) is 82.5 cm³/mol. The monoisotopic (exact) mass is 299 g/mol. The first kappa shape index (κ1) is 15.0. The number of nitriles is 1. The van der Waals surface area contributed by atoms with E-state index in [1.807, 2.05) is 6.92 Å². The molecule has 0 N–H and O–H groups in total. The lowest BCUT2D eigenvalue weighted by Crippen LogP contribution is -2.27. The average Bonchev–Trinajstić information content (AvgIpc) is 2.52. The van der Waals surface area contributed by atoms with Gasteiger partial charge >= 0.3 is 0 Å². The maximum atomic E-state index is 12.6. The van der Waals surface area contributed by atoms with Crippen LogP contribution in [0.15, 0.2) is 36.4 Å². The number of hydrogen-bond acceptors (Lipinski definition) is 3. The van der Waals surface area contributed by atoms with Crippen molar-refractivity contribution in [2.45, 2.75) is 13.3 Å². The Bertz CT molecular complexity index is 722. The van der Waals surface area contributed by atoms with E-state index in [1.54, 1.807) is 37.4 Å². The molecule has 0 radical (unpaired) electrons. The van der Waals surface area contributed by atoms with Gasteiger partial charge in [-0.25, -0.2) is 4.98 Å². The molecule has 2 aromatic rings. The summed E-state index contributed by atoms with van der Waals surface area (Å²) in [5, 5.41) is 9.42. The quantitative estimate of drug-likeness (QED) is 0.816. The molecule has 0 spiro atoms. The van der Waals surface area contributed by atoms with Gasteiger partial charge in [-0.05, 0) is 30.7 Å². The Morgan fingerprint density at radius 3 is 2.76 bits per heavy atom. The zero-order chi connectivity index (χ0) is 15.4. The molecular formula is C16H14ClN3O. The van der Waals surface area contributed by atoms with Crippen LogP contribution in [-0.2, 0) is 6.42 Å². The first-order valence-electron chi connectivity index (χ1n) is 6.50. The Hall–Kier alpha value is -2.38. The van der Waals surface area contributed by atoms with E-state index in [0.717, 1.165) is 5.69 Å². The van der Waals surface area contributed by atoms with Gasteiger partial charge in [0.2, 0.25) is 0 Å². The molecule has 106 valence electrons. The topological polar surface area (TPSA) is 57.0 Å². The molecule has 0 saturated heterocycles. The molecule has 2 rings (SSSR count). The number of aromatic nitrogens is 1. The number of halogens is 1. The summed E-state index contributed by atoms with van der Waals surface area (Å²) >= 11 is 5.95. The van der Waals surface area contributed by atoms with E-state index >= 15 is 0 Å². The van der Waals surface area contributed by atoms with Crippen LogP contribution in [0.5, 0.6) is 0 Å². The first-order valence-corrected chi connectivity index (χ1v) is 6.88. The van der Waals surface area contributed by atoms with E-state index in [-0.39, 0.29) is 5.91 Å².